The zero-order chi connectivity index (χ0) is 18.8. The Balaban J connectivity index is 2.01. The number of hydrogen-bond donors (Lipinski definition) is 0. The smallest absolute Gasteiger partial charge is 0.200 e. The van der Waals surface area contributed by atoms with E-state index in [1.54, 1.807) is 0 Å². The van der Waals surface area contributed by atoms with Gasteiger partial charge in [-0.25, -0.2) is 0 Å². The highest BCUT2D eigenvalue weighted by Crippen LogP contribution is 2.24. The van der Waals surface area contributed by atoms with Gasteiger partial charge in [-0.2, -0.15) is 5.26 Å². The van der Waals surface area contributed by atoms with Crippen molar-refractivity contribution < 1.29 is 9.47 Å². The normalized spacial score (nSPS) is 11.6. The molecule has 0 fully saturated rings. The molecule has 0 aliphatic carbocycles. The van der Waals surface area contributed by atoms with E-state index >= 15 is 0 Å². The lowest BCUT2D eigenvalue weighted by atomic mass is 10.0. The summed E-state index contributed by atoms with van der Waals surface area (Å²) in [4.78, 5) is 0. The van der Waals surface area contributed by atoms with Crippen LogP contribution in [-0.2, 0) is 4.74 Å². The summed E-state index contributed by atoms with van der Waals surface area (Å²) in [6, 6.07) is 17.7. The fraction of sp³-hybridized carbons (Fsp3) is 0.348. The highest BCUT2D eigenvalue weighted by Gasteiger charge is 2.11. The van der Waals surface area contributed by atoms with Gasteiger partial charge in [0.1, 0.15) is 5.75 Å². The maximum atomic E-state index is 8.89. The van der Waals surface area contributed by atoms with Gasteiger partial charge < -0.3 is 9.47 Å². The van der Waals surface area contributed by atoms with Crippen molar-refractivity contribution >= 4 is 0 Å². The van der Waals surface area contributed by atoms with Crippen LogP contribution in [-0.4, -0.2) is 12.9 Å². The molecule has 3 heteroatoms. The summed E-state index contributed by atoms with van der Waals surface area (Å²) in [6.45, 7) is 8.54. The summed E-state index contributed by atoms with van der Waals surface area (Å²) in [5, 5.41) is 8.89. The molecule has 0 saturated heterocycles. The van der Waals surface area contributed by atoms with Crippen LogP contribution in [0.4, 0.5) is 0 Å². The molecule has 0 aliphatic rings. The first-order valence-corrected chi connectivity index (χ1v) is 9.15. The molecule has 2 aromatic rings. The number of nitrogens with zero attached hydrogens (tertiary/aromatic N) is 1. The summed E-state index contributed by atoms with van der Waals surface area (Å²) in [6.07, 6.45) is 4.05. The van der Waals surface area contributed by atoms with Crippen molar-refractivity contribution in [3.05, 3.63) is 66.2 Å². The van der Waals surface area contributed by atoms with E-state index < -0.39 is 0 Å². The topological polar surface area (TPSA) is 42.2 Å². The van der Waals surface area contributed by atoms with Crippen LogP contribution in [0, 0.1) is 11.3 Å². The Hall–Kier alpha value is -2.57. The summed E-state index contributed by atoms with van der Waals surface area (Å²) in [7, 11) is 0. The number of ether oxygens (including phenoxy) is 2. The zero-order valence-corrected chi connectivity index (χ0v) is 15.7. The molecule has 1 atom stereocenters. The van der Waals surface area contributed by atoms with E-state index in [0.29, 0.717) is 12.2 Å². The van der Waals surface area contributed by atoms with Crippen molar-refractivity contribution in [2.75, 3.05) is 6.61 Å². The van der Waals surface area contributed by atoms with Crippen LogP contribution in [0.1, 0.15) is 45.1 Å². The third-order valence-corrected chi connectivity index (χ3v) is 4.03. The molecule has 0 radical (unpaired) electrons. The van der Waals surface area contributed by atoms with Crippen LogP contribution in [0.3, 0.4) is 0 Å². The van der Waals surface area contributed by atoms with E-state index in [9.17, 15) is 0 Å². The molecule has 0 heterocycles. The lowest BCUT2D eigenvalue weighted by molar-refractivity contribution is -0.0769. The number of unbranched alkanes of at least 4 members (excludes halogenated alkanes) is 2. The van der Waals surface area contributed by atoms with Gasteiger partial charge in [0.25, 0.3) is 0 Å². The number of hydrogen-bond acceptors (Lipinski definition) is 3. The predicted molar refractivity (Wildman–Crippen MR) is 106 cm³/mol. The second kappa shape index (κ2) is 10.4. The average molecular weight is 349 g/mol. The van der Waals surface area contributed by atoms with Gasteiger partial charge in [0.15, 0.2) is 6.29 Å². The highest BCUT2D eigenvalue weighted by molar-refractivity contribution is 5.64. The summed E-state index contributed by atoms with van der Waals surface area (Å²) < 4.78 is 11.9. The second-order valence-electron chi connectivity index (χ2n) is 6.52. The molecule has 0 aromatic heterocycles. The van der Waals surface area contributed by atoms with Gasteiger partial charge in [-0.15, -0.1) is 0 Å². The summed E-state index contributed by atoms with van der Waals surface area (Å²) in [5.74, 6) is 0.797. The lowest BCUT2D eigenvalue weighted by Gasteiger charge is -2.20. The fourth-order valence-corrected chi connectivity index (χ4v) is 2.59. The van der Waals surface area contributed by atoms with Crippen LogP contribution in [0.2, 0.25) is 0 Å². The second-order valence-corrected chi connectivity index (χ2v) is 6.52. The maximum absolute atomic E-state index is 8.89. The van der Waals surface area contributed by atoms with Crippen LogP contribution in [0.15, 0.2) is 60.7 Å². The van der Waals surface area contributed by atoms with Crippen molar-refractivity contribution in [1.29, 1.82) is 5.26 Å². The summed E-state index contributed by atoms with van der Waals surface area (Å²) in [5.41, 5.74) is 3.82. The van der Waals surface area contributed by atoms with E-state index in [-0.39, 0.29) is 6.29 Å². The van der Waals surface area contributed by atoms with Crippen LogP contribution in [0.5, 0.6) is 5.75 Å². The minimum absolute atomic E-state index is 0.251. The van der Waals surface area contributed by atoms with Gasteiger partial charge in [0, 0.05) is 6.42 Å². The number of rotatable bonds is 10. The van der Waals surface area contributed by atoms with Gasteiger partial charge >= 0.3 is 0 Å². The van der Waals surface area contributed by atoms with Crippen molar-refractivity contribution in [2.24, 2.45) is 0 Å². The minimum atomic E-state index is -0.251. The third-order valence-electron chi connectivity index (χ3n) is 4.03. The Labute approximate surface area is 156 Å². The van der Waals surface area contributed by atoms with Crippen LogP contribution >= 0.6 is 0 Å². The molecular formula is C23H27NO2. The quantitative estimate of drug-likeness (QED) is 0.295. The van der Waals surface area contributed by atoms with Crippen molar-refractivity contribution in [3.8, 4) is 22.9 Å². The molecule has 3 nitrogen and oxygen atoms in total. The van der Waals surface area contributed by atoms with E-state index in [1.807, 2.05) is 55.5 Å². The molecule has 2 aromatic carbocycles. The highest BCUT2D eigenvalue weighted by atomic mass is 16.7. The SMILES string of the molecule is C=C(C)COC(CCCCC)Oc1ccc(-c2ccc(C#N)cc2)cc1. The first-order valence-electron chi connectivity index (χ1n) is 9.15. The Bertz CT molecular complexity index is 726. The van der Waals surface area contributed by atoms with E-state index in [2.05, 4.69) is 19.6 Å². The monoisotopic (exact) mass is 349 g/mol. The van der Waals surface area contributed by atoms with E-state index in [1.165, 1.54) is 12.8 Å². The molecular weight excluding hydrogens is 322 g/mol. The Kier molecular flexibility index (Phi) is 7.92. The largest absolute Gasteiger partial charge is 0.465 e. The molecule has 0 bridgehead atoms. The molecule has 0 saturated carbocycles. The van der Waals surface area contributed by atoms with Gasteiger partial charge in [-0.1, -0.05) is 56.2 Å². The van der Waals surface area contributed by atoms with Crippen LogP contribution < -0.4 is 4.74 Å². The molecule has 0 N–H and O–H groups in total. The maximum Gasteiger partial charge on any atom is 0.200 e. The molecule has 26 heavy (non-hydrogen) atoms. The molecule has 1 unspecified atom stereocenters. The van der Waals surface area contributed by atoms with Gasteiger partial charge in [-0.05, 0) is 48.7 Å². The molecule has 0 spiro atoms. The first-order chi connectivity index (χ1) is 12.6. The van der Waals surface area contributed by atoms with Crippen molar-refractivity contribution in [1.82, 2.24) is 0 Å². The Morgan fingerprint density at radius 2 is 1.65 bits per heavy atom. The lowest BCUT2D eigenvalue weighted by Crippen LogP contribution is -2.21. The van der Waals surface area contributed by atoms with Gasteiger partial charge in [-0.3, -0.25) is 0 Å². The fourth-order valence-electron chi connectivity index (χ4n) is 2.59. The third kappa shape index (κ3) is 6.38. The standard InChI is InChI=1S/C23H27NO2/c1-4-5-6-7-23(25-17-18(2)3)26-22-14-12-21(13-15-22)20-10-8-19(16-24)9-11-20/h8-15,23H,2,4-7,17H2,1,3H3. The summed E-state index contributed by atoms with van der Waals surface area (Å²) >= 11 is 0. The van der Waals surface area contributed by atoms with Crippen molar-refractivity contribution in [2.45, 2.75) is 45.8 Å². The van der Waals surface area contributed by atoms with Crippen molar-refractivity contribution in [3.63, 3.8) is 0 Å². The molecule has 136 valence electrons. The average Bonchev–Trinajstić information content (AvgIpc) is 2.67. The van der Waals surface area contributed by atoms with Crippen LogP contribution in [0.25, 0.3) is 11.1 Å². The number of benzene rings is 2. The van der Waals surface area contributed by atoms with E-state index in [4.69, 9.17) is 14.7 Å². The minimum Gasteiger partial charge on any atom is -0.465 e. The molecule has 0 amide bonds. The Morgan fingerprint density at radius 1 is 1.04 bits per heavy atom. The van der Waals surface area contributed by atoms with E-state index in [0.717, 1.165) is 35.3 Å². The van der Waals surface area contributed by atoms with Gasteiger partial charge in [0.2, 0.25) is 0 Å². The predicted octanol–water partition coefficient (Wildman–Crippen LogP) is 6.10. The van der Waals surface area contributed by atoms with Gasteiger partial charge in [0.05, 0.1) is 18.2 Å². The molecule has 0 aliphatic heterocycles. The zero-order valence-electron chi connectivity index (χ0n) is 15.7. The molecule has 2 rings (SSSR count). The first kappa shape index (κ1) is 19.8. The number of nitriles is 1. The Morgan fingerprint density at radius 3 is 2.19 bits per heavy atom.